The molecule has 2 aromatic carbocycles. The molecule has 1 unspecified atom stereocenters. The van der Waals surface area contributed by atoms with E-state index in [1.807, 2.05) is 13.8 Å². The quantitative estimate of drug-likeness (QED) is 0.135. The molecule has 0 bridgehead atoms. The first-order valence-corrected chi connectivity index (χ1v) is 15.0. The smallest absolute Gasteiger partial charge is 0.335 e. The van der Waals surface area contributed by atoms with Crippen LogP contribution in [-0.2, 0) is 17.8 Å². The summed E-state index contributed by atoms with van der Waals surface area (Å²) in [5.74, 6) is -6.28. The van der Waals surface area contributed by atoms with Crippen LogP contribution in [-0.4, -0.2) is 55.6 Å². The number of aromatic carboxylic acids is 1. The maximum atomic E-state index is 15.7. The van der Waals surface area contributed by atoms with Crippen molar-refractivity contribution in [3.8, 4) is 22.3 Å². The summed E-state index contributed by atoms with van der Waals surface area (Å²) < 4.78 is 79.5. The van der Waals surface area contributed by atoms with Gasteiger partial charge in [-0.1, -0.05) is 30.3 Å². The molecule has 0 aliphatic carbocycles. The fourth-order valence-electron chi connectivity index (χ4n) is 5.35. The highest BCUT2D eigenvalue weighted by Gasteiger charge is 2.39. The van der Waals surface area contributed by atoms with E-state index in [0.29, 0.717) is 34.4 Å². The van der Waals surface area contributed by atoms with Crippen molar-refractivity contribution in [1.29, 1.82) is 0 Å². The van der Waals surface area contributed by atoms with Gasteiger partial charge in [0.05, 0.1) is 48.2 Å². The van der Waals surface area contributed by atoms with Crippen LogP contribution in [0.1, 0.15) is 53.6 Å². The van der Waals surface area contributed by atoms with Crippen LogP contribution in [0.3, 0.4) is 0 Å². The van der Waals surface area contributed by atoms with Crippen LogP contribution in [0.25, 0.3) is 22.3 Å². The van der Waals surface area contributed by atoms with Crippen LogP contribution in [0.15, 0.2) is 36.4 Å². The van der Waals surface area contributed by atoms with E-state index in [9.17, 15) is 14.3 Å². The van der Waals surface area contributed by atoms with Crippen LogP contribution < -0.4 is 9.47 Å². The number of rotatable bonds is 10. The number of carbonyl (C=O) groups is 1. The van der Waals surface area contributed by atoms with Gasteiger partial charge in [-0.2, -0.15) is 0 Å². The van der Waals surface area contributed by atoms with E-state index in [4.69, 9.17) is 14.2 Å². The molecule has 1 aliphatic rings. The highest BCUT2D eigenvalue weighted by atomic mass is 32.1. The number of pyridine rings is 1. The van der Waals surface area contributed by atoms with Gasteiger partial charge >= 0.3 is 5.97 Å². The Hall–Kier alpha value is -4.63. The summed E-state index contributed by atoms with van der Waals surface area (Å²) in [6, 6.07) is 6.82. The van der Waals surface area contributed by atoms with Crippen molar-refractivity contribution in [2.45, 2.75) is 39.8 Å². The molecule has 240 valence electrons. The van der Waals surface area contributed by atoms with E-state index in [1.54, 1.807) is 11.5 Å². The molecule has 10 nitrogen and oxygen atoms in total. The number of aromatic nitrogens is 5. The fourth-order valence-corrected chi connectivity index (χ4v) is 6.01. The number of fused-ring (bicyclic) bond motifs is 1. The highest BCUT2D eigenvalue weighted by molar-refractivity contribution is 7.13. The summed E-state index contributed by atoms with van der Waals surface area (Å²) >= 11 is 1.08. The second kappa shape index (κ2) is 12.3. The Morgan fingerprint density at radius 2 is 1.87 bits per heavy atom. The van der Waals surface area contributed by atoms with Gasteiger partial charge in [0.25, 0.3) is 11.1 Å². The summed E-state index contributed by atoms with van der Waals surface area (Å²) in [6.07, 6.45) is -0.449. The maximum absolute atomic E-state index is 15.7. The Bertz CT molecular complexity index is 1960. The van der Waals surface area contributed by atoms with E-state index in [0.717, 1.165) is 29.5 Å². The van der Waals surface area contributed by atoms with E-state index >= 15 is 13.2 Å². The molecule has 4 heterocycles. The van der Waals surface area contributed by atoms with E-state index in [1.165, 1.54) is 18.2 Å². The number of nitrogens with zero attached hydrogens (tertiary/aromatic N) is 5. The third-order valence-electron chi connectivity index (χ3n) is 7.70. The molecular formula is C31H27F4N5O5S. The van der Waals surface area contributed by atoms with Crippen molar-refractivity contribution < 1.29 is 41.7 Å². The highest BCUT2D eigenvalue weighted by Crippen LogP contribution is 2.41. The lowest BCUT2D eigenvalue weighted by Crippen LogP contribution is -2.27. The van der Waals surface area contributed by atoms with Gasteiger partial charge in [0.2, 0.25) is 0 Å². The van der Waals surface area contributed by atoms with Gasteiger partial charge in [-0.3, -0.25) is 0 Å². The maximum Gasteiger partial charge on any atom is 0.335 e. The Labute approximate surface area is 263 Å². The van der Waals surface area contributed by atoms with Gasteiger partial charge in [0.15, 0.2) is 22.5 Å². The summed E-state index contributed by atoms with van der Waals surface area (Å²) in [4.78, 5) is 20.2. The second-order valence-corrected chi connectivity index (χ2v) is 12.3. The minimum absolute atomic E-state index is 0.0124. The van der Waals surface area contributed by atoms with Crippen LogP contribution in [0, 0.1) is 28.7 Å². The molecule has 1 atom stereocenters. The predicted octanol–water partition coefficient (Wildman–Crippen LogP) is 6.37. The lowest BCUT2D eigenvalue weighted by molar-refractivity contribution is 0.0697. The third-order valence-corrected chi connectivity index (χ3v) is 8.51. The topological polar surface area (TPSA) is 121 Å². The molecule has 1 fully saturated rings. The molecule has 1 aliphatic heterocycles. The van der Waals surface area contributed by atoms with Crippen molar-refractivity contribution in [2.24, 2.45) is 5.41 Å². The van der Waals surface area contributed by atoms with Crippen molar-refractivity contribution >= 4 is 28.3 Å². The largest absolute Gasteiger partial charge is 0.478 e. The van der Waals surface area contributed by atoms with E-state index in [-0.39, 0.29) is 36.3 Å². The number of carboxylic acid groups (broad SMARTS) is 1. The van der Waals surface area contributed by atoms with Gasteiger partial charge in [-0.25, -0.2) is 32.3 Å². The summed E-state index contributed by atoms with van der Waals surface area (Å²) in [7, 11) is 0. The Morgan fingerprint density at radius 1 is 1.07 bits per heavy atom. The number of hydrogen-bond acceptors (Lipinski definition) is 9. The van der Waals surface area contributed by atoms with Crippen LogP contribution >= 0.6 is 11.3 Å². The van der Waals surface area contributed by atoms with Gasteiger partial charge in [-0.15, -0.1) is 5.10 Å². The second-order valence-electron chi connectivity index (χ2n) is 11.3. The lowest BCUT2D eigenvalue weighted by atomic mass is 9.87. The van der Waals surface area contributed by atoms with Crippen LogP contribution in [0.5, 0.6) is 11.1 Å². The summed E-state index contributed by atoms with van der Waals surface area (Å²) in [6.45, 7) is 6.50. The average molecular weight is 658 g/mol. The lowest BCUT2D eigenvalue weighted by Gasteiger charge is -2.28. The van der Waals surface area contributed by atoms with Gasteiger partial charge < -0.3 is 23.9 Å². The molecule has 6 rings (SSSR count). The Kier molecular flexibility index (Phi) is 8.37. The molecule has 1 N–H and O–H groups in total. The zero-order valence-electron chi connectivity index (χ0n) is 24.8. The Balaban J connectivity index is 1.34. The minimum Gasteiger partial charge on any atom is -0.478 e. The number of hydrogen-bond donors (Lipinski definition) is 1. The predicted molar refractivity (Wildman–Crippen MR) is 158 cm³/mol. The number of ether oxygens (including phenoxy) is 3. The first-order valence-electron chi connectivity index (χ1n) is 14.2. The van der Waals surface area contributed by atoms with Gasteiger partial charge in [-0.05, 0) is 43.3 Å². The molecule has 5 aromatic rings. The summed E-state index contributed by atoms with van der Waals surface area (Å²) in [5.41, 5.74) is -0.949. The van der Waals surface area contributed by atoms with Crippen LogP contribution in [0.4, 0.5) is 17.6 Å². The van der Waals surface area contributed by atoms with Crippen molar-refractivity contribution in [2.75, 3.05) is 19.8 Å². The monoisotopic (exact) mass is 657 g/mol. The van der Waals surface area contributed by atoms with Crippen LogP contribution in [0.2, 0.25) is 0 Å². The minimum atomic E-state index is -1.47. The standard InChI is InChI=1S/C31H27F4N5O5S/c1-4-44-30-39-38-25(46-30)13-45-28-18(32)6-8-20(37-28)17-10-19(33)16(26(34)27(17)35)11-24-36-21-7-5-15(29(41)42)9-22(21)40(24)23-12-43-14-31(23,2)3/h5-10,23H,4,11-14H2,1-3H3,(H,41,42). The first kappa shape index (κ1) is 31.4. The molecular weight excluding hydrogens is 630 g/mol. The fraction of sp³-hybridized carbons (Fsp3) is 0.323. The van der Waals surface area contributed by atoms with E-state index in [2.05, 4.69) is 20.2 Å². The molecule has 0 spiro atoms. The van der Waals surface area contributed by atoms with Crippen molar-refractivity contribution in [3.63, 3.8) is 0 Å². The molecule has 0 amide bonds. The average Bonchev–Trinajstić information content (AvgIpc) is 3.72. The number of benzene rings is 2. The summed E-state index contributed by atoms with van der Waals surface area (Å²) in [5, 5.41) is 17.9. The Morgan fingerprint density at radius 3 is 2.59 bits per heavy atom. The number of carboxylic acids is 1. The molecule has 1 saturated heterocycles. The van der Waals surface area contributed by atoms with Gasteiger partial charge in [0, 0.05) is 23.0 Å². The zero-order chi connectivity index (χ0) is 32.7. The van der Waals surface area contributed by atoms with Crippen molar-refractivity contribution in [1.82, 2.24) is 24.7 Å². The SMILES string of the molecule is CCOc1nnc(COc2nc(-c3cc(F)c(Cc4nc5ccc(C(=O)O)cc5n4C4COCC4(C)C)c(F)c3F)ccc2F)s1. The molecule has 15 heteroatoms. The zero-order valence-corrected chi connectivity index (χ0v) is 25.6. The molecule has 46 heavy (non-hydrogen) atoms. The molecule has 0 saturated carbocycles. The molecule has 0 radical (unpaired) electrons. The van der Waals surface area contributed by atoms with E-state index < -0.39 is 58.1 Å². The number of halogens is 4. The van der Waals surface area contributed by atoms with Crippen molar-refractivity contribution in [3.05, 3.63) is 81.6 Å². The molecule has 3 aromatic heterocycles. The number of imidazole rings is 1. The normalized spacial score (nSPS) is 15.8. The van der Waals surface area contributed by atoms with Gasteiger partial charge in [0.1, 0.15) is 18.2 Å². The third kappa shape index (κ3) is 5.87. The first-order chi connectivity index (χ1) is 22.0.